The summed E-state index contributed by atoms with van der Waals surface area (Å²) in [5, 5.41) is 34.1. The molecule has 0 aromatic rings. The normalized spacial score (nSPS) is 14.6. The van der Waals surface area contributed by atoms with Gasteiger partial charge in [0, 0.05) is 6.54 Å². The van der Waals surface area contributed by atoms with Crippen molar-refractivity contribution >= 4 is 29.7 Å². The fourth-order valence-corrected chi connectivity index (χ4v) is 1.98. The maximum Gasteiger partial charge on any atom is 0.326 e. The van der Waals surface area contributed by atoms with Crippen LogP contribution in [0.2, 0.25) is 0 Å². The van der Waals surface area contributed by atoms with E-state index in [4.69, 9.17) is 22.3 Å². The second-order valence-corrected chi connectivity index (χ2v) is 6.14. The van der Waals surface area contributed by atoms with Crippen LogP contribution in [0.4, 0.5) is 0 Å². The van der Waals surface area contributed by atoms with Crippen LogP contribution in [-0.2, 0) is 19.2 Å². The van der Waals surface area contributed by atoms with Gasteiger partial charge in [-0.2, -0.15) is 0 Å². The molecule has 0 fully saturated rings. The average molecular weight is 419 g/mol. The van der Waals surface area contributed by atoms with E-state index in [1.165, 1.54) is 6.92 Å². The van der Waals surface area contributed by atoms with Gasteiger partial charge in [0.2, 0.25) is 17.7 Å². The van der Waals surface area contributed by atoms with E-state index in [0.29, 0.717) is 6.42 Å². The van der Waals surface area contributed by atoms with Gasteiger partial charge in [0.1, 0.15) is 18.1 Å². The van der Waals surface area contributed by atoms with Crippen LogP contribution in [0.15, 0.2) is 4.99 Å². The molecule has 0 spiro atoms. The number of carboxylic acid groups (broad SMARTS) is 1. The number of carboxylic acids is 1. The number of aliphatic hydroxyl groups is 2. The molecule has 14 heteroatoms. The molecule has 0 aliphatic heterocycles. The number of aliphatic hydroxyl groups excluding tert-OH is 2. The third-order valence-electron chi connectivity index (χ3n) is 3.64. The zero-order chi connectivity index (χ0) is 22.6. The summed E-state index contributed by atoms with van der Waals surface area (Å²) in [6, 6.07) is -3.93. The first-order valence-electron chi connectivity index (χ1n) is 8.69. The van der Waals surface area contributed by atoms with Crippen LogP contribution in [0.1, 0.15) is 19.8 Å². The number of carbonyl (C=O) groups is 4. The van der Waals surface area contributed by atoms with Crippen LogP contribution in [-0.4, -0.2) is 88.9 Å². The third-order valence-corrected chi connectivity index (χ3v) is 3.64. The summed E-state index contributed by atoms with van der Waals surface area (Å²) in [7, 11) is 0. The van der Waals surface area contributed by atoms with Gasteiger partial charge in [-0.05, 0) is 19.8 Å². The summed E-state index contributed by atoms with van der Waals surface area (Å²) < 4.78 is 0. The number of nitrogens with zero attached hydrogens (tertiary/aromatic N) is 1. The van der Waals surface area contributed by atoms with E-state index in [1.54, 1.807) is 0 Å². The molecule has 166 valence electrons. The highest BCUT2D eigenvalue weighted by molar-refractivity contribution is 5.92. The predicted molar refractivity (Wildman–Crippen MR) is 101 cm³/mol. The van der Waals surface area contributed by atoms with Gasteiger partial charge in [-0.1, -0.05) is 0 Å². The van der Waals surface area contributed by atoms with Crippen molar-refractivity contribution in [3.05, 3.63) is 0 Å². The number of nitrogens with two attached hydrogens (primary N) is 3. The third kappa shape index (κ3) is 10.8. The molecule has 0 rings (SSSR count). The molecule has 0 aromatic heterocycles. The molecule has 4 unspecified atom stereocenters. The van der Waals surface area contributed by atoms with Gasteiger partial charge in [0.05, 0.1) is 19.3 Å². The van der Waals surface area contributed by atoms with Crippen LogP contribution in [0, 0.1) is 0 Å². The van der Waals surface area contributed by atoms with Crippen molar-refractivity contribution in [2.45, 2.75) is 44.0 Å². The number of guanidine groups is 1. The van der Waals surface area contributed by atoms with Gasteiger partial charge in [-0.3, -0.25) is 19.4 Å². The lowest BCUT2D eigenvalue weighted by Gasteiger charge is -2.20. The van der Waals surface area contributed by atoms with Crippen LogP contribution < -0.4 is 33.2 Å². The summed E-state index contributed by atoms with van der Waals surface area (Å²) in [6.45, 7) is 0.0869. The fraction of sp³-hybridized carbons (Fsp3) is 0.667. The standard InChI is InChI=1S/C15H29N7O7/c1-7(24)11(16)13(27)22-9(6-23)12(26)20-5-10(25)21-8(14(28)29)3-2-4-19-15(17)18/h7-9,11,23-24H,2-6,16H2,1H3,(H,20,26)(H,21,25)(H,22,27)(H,28,29)(H4,17,18,19). The lowest BCUT2D eigenvalue weighted by atomic mass is 10.1. The average Bonchev–Trinajstić information content (AvgIpc) is 2.64. The molecule has 4 atom stereocenters. The Morgan fingerprint density at radius 2 is 1.69 bits per heavy atom. The number of aliphatic carboxylic acids is 1. The van der Waals surface area contributed by atoms with Gasteiger partial charge in [-0.15, -0.1) is 0 Å². The highest BCUT2D eigenvalue weighted by Crippen LogP contribution is 1.98. The van der Waals surface area contributed by atoms with Crippen molar-refractivity contribution in [1.82, 2.24) is 16.0 Å². The van der Waals surface area contributed by atoms with Gasteiger partial charge < -0.3 is 48.5 Å². The number of amides is 3. The van der Waals surface area contributed by atoms with E-state index >= 15 is 0 Å². The summed E-state index contributed by atoms with van der Waals surface area (Å²) in [4.78, 5) is 50.5. The number of aliphatic imine (C=N–C) groups is 1. The van der Waals surface area contributed by atoms with Crippen LogP contribution in [0.5, 0.6) is 0 Å². The molecule has 3 amide bonds. The minimum Gasteiger partial charge on any atom is -0.480 e. The molecule has 29 heavy (non-hydrogen) atoms. The van der Waals surface area contributed by atoms with E-state index in [2.05, 4.69) is 20.9 Å². The summed E-state index contributed by atoms with van der Waals surface area (Å²) in [5.41, 5.74) is 15.7. The first kappa shape index (κ1) is 26.0. The molecule has 0 aromatic carbocycles. The van der Waals surface area contributed by atoms with Crippen molar-refractivity contribution in [2.75, 3.05) is 19.7 Å². The van der Waals surface area contributed by atoms with Crippen molar-refractivity contribution in [3.63, 3.8) is 0 Å². The van der Waals surface area contributed by atoms with Gasteiger partial charge in [-0.25, -0.2) is 4.79 Å². The quantitative estimate of drug-likeness (QED) is 0.0779. The Balaban J connectivity index is 4.56. The lowest BCUT2D eigenvalue weighted by Crippen LogP contribution is -2.56. The first-order valence-corrected chi connectivity index (χ1v) is 8.69. The Kier molecular flexibility index (Phi) is 11.9. The van der Waals surface area contributed by atoms with E-state index < -0.39 is 61.1 Å². The highest BCUT2D eigenvalue weighted by Gasteiger charge is 2.26. The van der Waals surface area contributed by atoms with Crippen molar-refractivity contribution in [2.24, 2.45) is 22.2 Å². The summed E-state index contributed by atoms with van der Waals surface area (Å²) >= 11 is 0. The largest absolute Gasteiger partial charge is 0.480 e. The van der Waals surface area contributed by atoms with E-state index in [0.717, 1.165) is 0 Å². The number of carbonyl (C=O) groups excluding carboxylic acids is 3. The molecule has 14 nitrogen and oxygen atoms in total. The second-order valence-electron chi connectivity index (χ2n) is 6.14. The molecular weight excluding hydrogens is 390 g/mol. The van der Waals surface area contributed by atoms with E-state index in [1.807, 2.05) is 0 Å². The molecule has 0 radical (unpaired) electrons. The van der Waals surface area contributed by atoms with Crippen LogP contribution >= 0.6 is 0 Å². The smallest absolute Gasteiger partial charge is 0.326 e. The molecule has 12 N–H and O–H groups in total. The zero-order valence-electron chi connectivity index (χ0n) is 16.0. The molecular formula is C15H29N7O7. The fourth-order valence-electron chi connectivity index (χ4n) is 1.98. The minimum atomic E-state index is -1.41. The molecule has 0 aliphatic carbocycles. The molecule has 0 aliphatic rings. The topological polar surface area (TPSA) is 255 Å². The van der Waals surface area contributed by atoms with Crippen molar-refractivity contribution < 1.29 is 34.5 Å². The molecule has 0 saturated heterocycles. The van der Waals surface area contributed by atoms with Gasteiger partial charge in [0.25, 0.3) is 0 Å². The Hall–Kier alpha value is -2.97. The maximum absolute atomic E-state index is 12.0. The van der Waals surface area contributed by atoms with Gasteiger partial charge >= 0.3 is 5.97 Å². The van der Waals surface area contributed by atoms with Crippen molar-refractivity contribution in [3.8, 4) is 0 Å². The van der Waals surface area contributed by atoms with Crippen LogP contribution in [0.3, 0.4) is 0 Å². The second kappa shape index (κ2) is 13.2. The minimum absolute atomic E-state index is 0.0539. The lowest BCUT2D eigenvalue weighted by molar-refractivity contribution is -0.142. The Morgan fingerprint density at radius 1 is 1.07 bits per heavy atom. The summed E-state index contributed by atoms with van der Waals surface area (Å²) in [6.07, 6.45) is -0.828. The highest BCUT2D eigenvalue weighted by atomic mass is 16.4. The number of hydrogen-bond acceptors (Lipinski definition) is 8. The Morgan fingerprint density at radius 3 is 2.17 bits per heavy atom. The predicted octanol–water partition coefficient (Wildman–Crippen LogP) is -5.09. The summed E-state index contributed by atoms with van der Waals surface area (Å²) in [5.74, 6) is -3.97. The number of rotatable bonds is 13. The zero-order valence-corrected chi connectivity index (χ0v) is 16.0. The SMILES string of the molecule is CC(O)C(N)C(=O)NC(CO)C(=O)NCC(=O)NC(CCCN=C(N)N)C(=O)O. The van der Waals surface area contributed by atoms with E-state index in [9.17, 15) is 29.4 Å². The number of nitrogens with one attached hydrogen (secondary N) is 3. The Labute approximate surface area is 166 Å². The first-order chi connectivity index (χ1) is 13.5. The Bertz CT molecular complexity index is 608. The molecule has 0 bridgehead atoms. The van der Waals surface area contributed by atoms with Gasteiger partial charge in [0.15, 0.2) is 5.96 Å². The van der Waals surface area contributed by atoms with Crippen molar-refractivity contribution in [1.29, 1.82) is 0 Å². The van der Waals surface area contributed by atoms with Crippen LogP contribution in [0.25, 0.3) is 0 Å². The molecule has 0 heterocycles. The molecule has 0 saturated carbocycles. The maximum atomic E-state index is 12.0. The van der Waals surface area contributed by atoms with E-state index in [-0.39, 0.29) is 18.9 Å². The monoisotopic (exact) mass is 419 g/mol. The number of hydrogen-bond donors (Lipinski definition) is 9.